The monoisotopic (exact) mass is 507 g/mol. The quantitative estimate of drug-likeness (QED) is 0.381. The molecule has 2 fully saturated rings. The fourth-order valence-electron chi connectivity index (χ4n) is 5.27. The topological polar surface area (TPSA) is 38.8 Å². The number of aryl methyl sites for hydroxylation is 1. The Morgan fingerprint density at radius 2 is 1.67 bits per heavy atom. The smallest absolute Gasteiger partial charge is 0.391 e. The van der Waals surface area contributed by atoms with Gasteiger partial charge in [0.05, 0.1) is 24.5 Å². The van der Waals surface area contributed by atoms with Crippen LogP contribution in [0.15, 0.2) is 30.3 Å². The second-order valence-electron chi connectivity index (χ2n) is 9.68. The molecule has 2 aromatic rings. The van der Waals surface area contributed by atoms with Crippen molar-refractivity contribution in [1.29, 1.82) is 0 Å². The lowest BCUT2D eigenvalue weighted by Gasteiger charge is -2.31. The Morgan fingerprint density at radius 3 is 2.28 bits per heavy atom. The van der Waals surface area contributed by atoms with E-state index in [2.05, 4.69) is 23.1 Å². The molecule has 1 aliphatic heterocycles. The molecule has 2 aliphatic rings. The van der Waals surface area contributed by atoms with Crippen molar-refractivity contribution in [2.75, 3.05) is 19.7 Å². The van der Waals surface area contributed by atoms with Crippen LogP contribution in [0.1, 0.15) is 70.4 Å². The molecular formula is C29H40F3NO3. The molecule has 1 saturated carbocycles. The van der Waals surface area contributed by atoms with E-state index in [4.69, 9.17) is 9.47 Å². The van der Waals surface area contributed by atoms with Crippen LogP contribution in [0.5, 0.6) is 5.75 Å². The standard InChI is InChI=1S/C27H34F3NO3.C2H6/c1-3-33-26(32)20-12-14-31(15-13-20)17-19-4-10-24-18(2)25(11-5-21(24)16-19)34-23-8-6-22(7-9-23)27(28,29)30;1-2/h4-5,10-11,16,20,22-23H,3,6-9,12-15,17H2,1-2H3;1-2H3. The van der Waals surface area contributed by atoms with Crippen molar-refractivity contribution < 1.29 is 27.4 Å². The van der Waals surface area contributed by atoms with Gasteiger partial charge in [-0.25, -0.2) is 0 Å². The van der Waals surface area contributed by atoms with Crippen molar-refractivity contribution in [2.45, 2.75) is 85.0 Å². The molecule has 0 bridgehead atoms. The molecule has 200 valence electrons. The first-order chi connectivity index (χ1) is 17.2. The summed E-state index contributed by atoms with van der Waals surface area (Å²) in [6.45, 7) is 10.9. The lowest BCUT2D eigenvalue weighted by atomic mass is 9.87. The van der Waals surface area contributed by atoms with Gasteiger partial charge in [-0.3, -0.25) is 9.69 Å². The normalized spacial score (nSPS) is 21.5. The van der Waals surface area contributed by atoms with Crippen LogP contribution < -0.4 is 4.74 Å². The Labute approximate surface area is 213 Å². The summed E-state index contributed by atoms with van der Waals surface area (Å²) in [6, 6.07) is 10.4. The van der Waals surface area contributed by atoms with Gasteiger partial charge in [0.1, 0.15) is 5.75 Å². The van der Waals surface area contributed by atoms with Gasteiger partial charge >= 0.3 is 12.1 Å². The molecule has 4 nitrogen and oxygen atoms in total. The van der Waals surface area contributed by atoms with E-state index in [1.165, 1.54) is 5.56 Å². The van der Waals surface area contributed by atoms with Crippen molar-refractivity contribution in [3.63, 3.8) is 0 Å². The number of hydrogen-bond donors (Lipinski definition) is 0. The number of halogens is 3. The summed E-state index contributed by atoms with van der Waals surface area (Å²) in [7, 11) is 0. The maximum Gasteiger partial charge on any atom is 0.391 e. The molecule has 2 aromatic carbocycles. The van der Waals surface area contributed by atoms with Crippen LogP contribution in [0.3, 0.4) is 0 Å². The number of alkyl halides is 3. The minimum Gasteiger partial charge on any atom is -0.490 e. The van der Waals surface area contributed by atoms with Crippen LogP contribution in [0.2, 0.25) is 0 Å². The van der Waals surface area contributed by atoms with E-state index in [0.717, 1.165) is 54.6 Å². The number of carbonyl (C=O) groups excluding carboxylic acids is 1. The zero-order valence-corrected chi connectivity index (χ0v) is 22.0. The van der Waals surface area contributed by atoms with Gasteiger partial charge in [-0.05, 0) is 99.5 Å². The van der Waals surface area contributed by atoms with Gasteiger partial charge in [0.15, 0.2) is 0 Å². The van der Waals surface area contributed by atoms with Crippen LogP contribution in [0.4, 0.5) is 13.2 Å². The van der Waals surface area contributed by atoms with E-state index < -0.39 is 12.1 Å². The van der Waals surface area contributed by atoms with Crippen molar-refractivity contribution in [2.24, 2.45) is 11.8 Å². The zero-order valence-electron chi connectivity index (χ0n) is 22.0. The molecule has 36 heavy (non-hydrogen) atoms. The number of fused-ring (bicyclic) bond motifs is 1. The molecule has 7 heteroatoms. The highest BCUT2D eigenvalue weighted by atomic mass is 19.4. The van der Waals surface area contributed by atoms with Gasteiger partial charge < -0.3 is 9.47 Å². The van der Waals surface area contributed by atoms with Crippen molar-refractivity contribution in [1.82, 2.24) is 4.90 Å². The maximum atomic E-state index is 12.9. The van der Waals surface area contributed by atoms with Crippen LogP contribution in [-0.2, 0) is 16.1 Å². The zero-order chi connectivity index (χ0) is 26.3. The molecule has 0 atom stereocenters. The number of ether oxygens (including phenoxy) is 2. The highest BCUT2D eigenvalue weighted by molar-refractivity contribution is 5.88. The third-order valence-corrected chi connectivity index (χ3v) is 7.35. The number of esters is 1. The third-order valence-electron chi connectivity index (χ3n) is 7.35. The van der Waals surface area contributed by atoms with Gasteiger partial charge in [-0.1, -0.05) is 32.0 Å². The van der Waals surface area contributed by atoms with Crippen molar-refractivity contribution in [3.8, 4) is 5.75 Å². The number of carbonyl (C=O) groups is 1. The van der Waals surface area contributed by atoms with Gasteiger partial charge in [-0.15, -0.1) is 0 Å². The summed E-state index contributed by atoms with van der Waals surface area (Å²) in [4.78, 5) is 14.3. The lowest BCUT2D eigenvalue weighted by molar-refractivity contribution is -0.185. The van der Waals surface area contributed by atoms with E-state index >= 15 is 0 Å². The molecule has 0 N–H and O–H groups in total. The molecular weight excluding hydrogens is 467 g/mol. The Kier molecular flexibility index (Phi) is 10.1. The van der Waals surface area contributed by atoms with Crippen LogP contribution in [0, 0.1) is 18.8 Å². The molecule has 0 unspecified atom stereocenters. The first kappa shape index (κ1) is 28.3. The number of benzene rings is 2. The molecule has 1 heterocycles. The summed E-state index contributed by atoms with van der Waals surface area (Å²) < 4.78 is 50.1. The van der Waals surface area contributed by atoms with Gasteiger partial charge in [-0.2, -0.15) is 13.2 Å². The molecule has 1 saturated heterocycles. The maximum absolute atomic E-state index is 12.9. The molecule has 0 aromatic heterocycles. The Bertz CT molecular complexity index is 991. The van der Waals surface area contributed by atoms with E-state index in [0.29, 0.717) is 19.4 Å². The minimum absolute atomic E-state index is 0.0115. The van der Waals surface area contributed by atoms with E-state index in [1.807, 2.05) is 39.8 Å². The van der Waals surface area contributed by atoms with E-state index in [1.54, 1.807) is 0 Å². The number of hydrogen-bond acceptors (Lipinski definition) is 4. The molecule has 0 amide bonds. The fourth-order valence-corrected chi connectivity index (χ4v) is 5.27. The predicted octanol–water partition coefficient (Wildman–Crippen LogP) is 7.45. The van der Waals surface area contributed by atoms with Crippen LogP contribution >= 0.6 is 0 Å². The summed E-state index contributed by atoms with van der Waals surface area (Å²) in [5.74, 6) is -0.497. The van der Waals surface area contributed by atoms with Crippen molar-refractivity contribution in [3.05, 3.63) is 41.5 Å². The number of nitrogens with zero attached hydrogens (tertiary/aromatic N) is 1. The number of rotatable bonds is 6. The third kappa shape index (κ3) is 7.15. The average molecular weight is 508 g/mol. The summed E-state index contributed by atoms with van der Waals surface area (Å²) >= 11 is 0. The summed E-state index contributed by atoms with van der Waals surface area (Å²) in [6.07, 6.45) is -1.44. The fraction of sp³-hybridized carbons (Fsp3) is 0.621. The molecule has 0 spiro atoms. The molecule has 4 rings (SSSR count). The molecule has 0 radical (unpaired) electrons. The summed E-state index contributed by atoms with van der Waals surface area (Å²) in [5, 5.41) is 2.23. The SMILES string of the molecule is CC.CCOC(=O)C1CCN(Cc2ccc3c(C)c(OC4CCC(C(F)(F)F)CC4)ccc3c2)CC1. The van der Waals surface area contributed by atoms with Crippen molar-refractivity contribution >= 4 is 16.7 Å². The predicted molar refractivity (Wildman–Crippen MR) is 137 cm³/mol. The van der Waals surface area contributed by atoms with Gasteiger partial charge in [0.25, 0.3) is 0 Å². The first-order valence-corrected chi connectivity index (χ1v) is 13.4. The highest BCUT2D eigenvalue weighted by Crippen LogP contribution is 2.39. The van der Waals surface area contributed by atoms with Gasteiger partial charge in [0.2, 0.25) is 0 Å². The Morgan fingerprint density at radius 1 is 1.00 bits per heavy atom. The molecule has 1 aliphatic carbocycles. The Hall–Kier alpha value is -2.28. The number of piperidine rings is 1. The van der Waals surface area contributed by atoms with Crippen LogP contribution in [-0.4, -0.2) is 42.8 Å². The van der Waals surface area contributed by atoms with E-state index in [-0.39, 0.29) is 30.8 Å². The van der Waals surface area contributed by atoms with Crippen LogP contribution in [0.25, 0.3) is 10.8 Å². The largest absolute Gasteiger partial charge is 0.490 e. The van der Waals surface area contributed by atoms with Gasteiger partial charge in [0, 0.05) is 6.54 Å². The lowest BCUT2D eigenvalue weighted by Crippen LogP contribution is -2.36. The first-order valence-electron chi connectivity index (χ1n) is 13.4. The minimum atomic E-state index is -4.10. The second kappa shape index (κ2) is 12.8. The Balaban J connectivity index is 0.00000176. The van der Waals surface area contributed by atoms with E-state index in [9.17, 15) is 18.0 Å². The number of likely N-dealkylation sites (tertiary alicyclic amines) is 1. The average Bonchev–Trinajstić information content (AvgIpc) is 2.87. The second-order valence-corrected chi connectivity index (χ2v) is 9.68. The summed E-state index contributed by atoms with van der Waals surface area (Å²) in [5.41, 5.74) is 2.25. The highest BCUT2D eigenvalue weighted by Gasteiger charge is 2.41.